The Hall–Kier alpha value is -1.11. The van der Waals surface area contributed by atoms with Gasteiger partial charge >= 0.3 is 0 Å². The largest absolute Gasteiger partial charge is 0.508 e. The summed E-state index contributed by atoms with van der Waals surface area (Å²) in [7, 11) is -0.478. The molecule has 0 bridgehead atoms. The number of hydrogen-bond acceptors (Lipinski definition) is 3. The van der Waals surface area contributed by atoms with Gasteiger partial charge in [0.15, 0.2) is 0 Å². The van der Waals surface area contributed by atoms with Gasteiger partial charge in [-0.3, -0.25) is 0 Å². The Morgan fingerprint density at radius 2 is 1.58 bits per heavy atom. The van der Waals surface area contributed by atoms with Crippen LogP contribution >= 0.6 is 0 Å². The highest BCUT2D eigenvalue weighted by Crippen LogP contribution is 2.29. The molecule has 0 saturated heterocycles. The lowest BCUT2D eigenvalue weighted by atomic mass is 10.1. The van der Waals surface area contributed by atoms with Crippen molar-refractivity contribution in [2.24, 2.45) is 0 Å². The van der Waals surface area contributed by atoms with Gasteiger partial charge in [0.05, 0.1) is 6.04 Å². The number of phenolic OH excluding ortho intramolecular Hbond substituents is 1. The first-order chi connectivity index (χ1) is 8.69. The molecule has 5 nitrogen and oxygen atoms in total. The first-order valence-electron chi connectivity index (χ1n) is 6.18. The van der Waals surface area contributed by atoms with E-state index in [4.69, 9.17) is 0 Å². The fraction of sp³-hybridized carbons (Fsp3) is 0.538. The predicted molar refractivity (Wildman–Crippen MR) is 76.1 cm³/mol. The quantitative estimate of drug-likeness (QED) is 0.900. The molecular weight excluding hydrogens is 264 g/mol. The highest BCUT2D eigenvalue weighted by molar-refractivity contribution is 7.86. The number of para-hydroxylation sites is 1. The average molecular weight is 286 g/mol. The maximum Gasteiger partial charge on any atom is 0.282 e. The van der Waals surface area contributed by atoms with Crippen LogP contribution in [-0.4, -0.2) is 42.3 Å². The van der Waals surface area contributed by atoms with E-state index in [9.17, 15) is 13.5 Å². The predicted octanol–water partition coefficient (Wildman–Crippen LogP) is 1.97. The molecule has 0 amide bonds. The minimum absolute atomic E-state index is 0.101. The molecule has 1 rings (SSSR count). The van der Waals surface area contributed by atoms with E-state index in [-0.39, 0.29) is 11.8 Å². The number of phenols is 1. The summed E-state index contributed by atoms with van der Waals surface area (Å²) in [5, 5.41) is 9.81. The van der Waals surface area contributed by atoms with Crippen molar-refractivity contribution in [1.82, 2.24) is 8.61 Å². The maximum absolute atomic E-state index is 12.4. The van der Waals surface area contributed by atoms with Crippen LogP contribution in [0.1, 0.15) is 32.4 Å². The number of rotatable bonds is 5. The summed E-state index contributed by atoms with van der Waals surface area (Å²) in [6.45, 7) is 5.38. The van der Waals surface area contributed by atoms with E-state index in [2.05, 4.69) is 0 Å². The molecule has 1 N–H and O–H groups in total. The molecule has 0 heterocycles. The highest BCUT2D eigenvalue weighted by atomic mass is 32.2. The summed E-state index contributed by atoms with van der Waals surface area (Å²) in [5.74, 6) is 0.101. The SMILES string of the molecule is CC(C)N(C)S(=O)(=O)N(C)C(C)c1ccccc1O. The minimum atomic E-state index is -3.55. The van der Waals surface area contributed by atoms with Gasteiger partial charge in [0.2, 0.25) is 0 Å². The van der Waals surface area contributed by atoms with Crippen LogP contribution < -0.4 is 0 Å². The standard InChI is InChI=1S/C13H22N2O3S/c1-10(2)14(4)19(17,18)15(5)11(3)12-8-6-7-9-13(12)16/h6-11,16H,1-5H3. The van der Waals surface area contributed by atoms with Crippen LogP contribution in [0.25, 0.3) is 0 Å². The normalized spacial score (nSPS) is 14.3. The lowest BCUT2D eigenvalue weighted by Crippen LogP contribution is -2.43. The summed E-state index contributed by atoms with van der Waals surface area (Å²) in [6, 6.07) is 6.20. The van der Waals surface area contributed by atoms with E-state index in [1.807, 2.05) is 13.8 Å². The van der Waals surface area contributed by atoms with E-state index in [1.165, 1.54) is 15.7 Å². The van der Waals surface area contributed by atoms with Crippen LogP contribution in [0.2, 0.25) is 0 Å². The number of hydrogen-bond donors (Lipinski definition) is 1. The molecule has 19 heavy (non-hydrogen) atoms. The van der Waals surface area contributed by atoms with Crippen molar-refractivity contribution in [2.45, 2.75) is 32.9 Å². The molecule has 1 atom stereocenters. The Morgan fingerprint density at radius 3 is 2.05 bits per heavy atom. The second-order valence-electron chi connectivity index (χ2n) is 4.87. The van der Waals surface area contributed by atoms with Crippen LogP contribution in [0.4, 0.5) is 0 Å². The molecule has 108 valence electrons. The number of benzene rings is 1. The lowest BCUT2D eigenvalue weighted by molar-refractivity contribution is 0.322. The Bertz CT molecular complexity index is 528. The second-order valence-corrected chi connectivity index (χ2v) is 6.92. The van der Waals surface area contributed by atoms with Gasteiger partial charge in [0.25, 0.3) is 10.2 Å². The molecule has 0 fully saturated rings. The molecule has 1 aromatic carbocycles. The van der Waals surface area contributed by atoms with Crippen molar-refractivity contribution < 1.29 is 13.5 Å². The van der Waals surface area contributed by atoms with E-state index in [1.54, 1.807) is 38.2 Å². The van der Waals surface area contributed by atoms with Crippen molar-refractivity contribution in [2.75, 3.05) is 14.1 Å². The average Bonchev–Trinajstić information content (AvgIpc) is 2.36. The molecule has 0 aliphatic rings. The van der Waals surface area contributed by atoms with E-state index in [0.717, 1.165) is 0 Å². The molecule has 0 aliphatic heterocycles. The Kier molecular flexibility index (Phi) is 4.95. The van der Waals surface area contributed by atoms with Crippen LogP contribution in [-0.2, 0) is 10.2 Å². The number of nitrogens with zero attached hydrogens (tertiary/aromatic N) is 2. The topological polar surface area (TPSA) is 60.9 Å². The summed E-state index contributed by atoms with van der Waals surface area (Å²) < 4.78 is 27.3. The molecule has 0 aliphatic carbocycles. The van der Waals surface area contributed by atoms with Crippen LogP contribution in [0.5, 0.6) is 5.75 Å². The van der Waals surface area contributed by atoms with E-state index >= 15 is 0 Å². The summed E-state index contributed by atoms with van der Waals surface area (Å²) in [6.07, 6.45) is 0. The number of aromatic hydroxyl groups is 1. The van der Waals surface area contributed by atoms with Gasteiger partial charge in [-0.15, -0.1) is 0 Å². The monoisotopic (exact) mass is 286 g/mol. The summed E-state index contributed by atoms with van der Waals surface area (Å²) in [4.78, 5) is 0. The molecule has 1 unspecified atom stereocenters. The Morgan fingerprint density at radius 1 is 1.05 bits per heavy atom. The fourth-order valence-corrected chi connectivity index (χ4v) is 3.16. The van der Waals surface area contributed by atoms with Crippen molar-refractivity contribution in [3.63, 3.8) is 0 Å². The molecular formula is C13H22N2O3S. The fourth-order valence-electron chi connectivity index (χ4n) is 1.71. The van der Waals surface area contributed by atoms with Crippen molar-refractivity contribution in [1.29, 1.82) is 0 Å². The minimum Gasteiger partial charge on any atom is -0.508 e. The van der Waals surface area contributed by atoms with E-state index in [0.29, 0.717) is 5.56 Å². The smallest absolute Gasteiger partial charge is 0.282 e. The third kappa shape index (κ3) is 3.26. The van der Waals surface area contributed by atoms with Crippen LogP contribution in [0, 0.1) is 0 Å². The zero-order valence-electron chi connectivity index (χ0n) is 12.0. The van der Waals surface area contributed by atoms with Crippen LogP contribution in [0.15, 0.2) is 24.3 Å². The van der Waals surface area contributed by atoms with Gasteiger partial charge in [-0.2, -0.15) is 17.0 Å². The van der Waals surface area contributed by atoms with Crippen LogP contribution in [0.3, 0.4) is 0 Å². The molecule has 0 saturated carbocycles. The highest BCUT2D eigenvalue weighted by Gasteiger charge is 2.30. The lowest BCUT2D eigenvalue weighted by Gasteiger charge is -2.31. The molecule has 0 spiro atoms. The van der Waals surface area contributed by atoms with Gasteiger partial charge in [-0.1, -0.05) is 18.2 Å². The third-order valence-electron chi connectivity index (χ3n) is 3.39. The molecule has 6 heteroatoms. The first kappa shape index (κ1) is 15.9. The third-order valence-corrected chi connectivity index (χ3v) is 5.58. The second kappa shape index (κ2) is 5.90. The van der Waals surface area contributed by atoms with Crippen molar-refractivity contribution in [3.8, 4) is 5.75 Å². The van der Waals surface area contributed by atoms with Crippen molar-refractivity contribution >= 4 is 10.2 Å². The summed E-state index contributed by atoms with van der Waals surface area (Å²) in [5.41, 5.74) is 0.589. The van der Waals surface area contributed by atoms with E-state index < -0.39 is 16.3 Å². The maximum atomic E-state index is 12.4. The van der Waals surface area contributed by atoms with Gasteiger partial charge in [-0.05, 0) is 26.8 Å². The van der Waals surface area contributed by atoms with Gasteiger partial charge in [0, 0.05) is 25.7 Å². The van der Waals surface area contributed by atoms with Gasteiger partial charge < -0.3 is 5.11 Å². The molecule has 0 radical (unpaired) electrons. The molecule has 0 aromatic heterocycles. The zero-order chi connectivity index (χ0) is 14.8. The summed E-state index contributed by atoms with van der Waals surface area (Å²) >= 11 is 0. The first-order valence-corrected chi connectivity index (χ1v) is 7.58. The van der Waals surface area contributed by atoms with Gasteiger partial charge in [0.1, 0.15) is 5.75 Å². The molecule has 1 aromatic rings. The zero-order valence-corrected chi connectivity index (χ0v) is 12.8. The Balaban J connectivity index is 3.07. The van der Waals surface area contributed by atoms with Crippen molar-refractivity contribution in [3.05, 3.63) is 29.8 Å². The Labute approximate surface area is 115 Å². The van der Waals surface area contributed by atoms with Gasteiger partial charge in [-0.25, -0.2) is 0 Å².